The molecule has 0 bridgehead atoms. The fraction of sp³-hybridized carbons (Fsp3) is 0.308. The summed E-state index contributed by atoms with van der Waals surface area (Å²) in [5.74, 6) is -0.0669. The minimum Gasteiger partial charge on any atom is -0.495 e. The van der Waals surface area contributed by atoms with Gasteiger partial charge in [0.1, 0.15) is 17.9 Å². The smallest absolute Gasteiger partial charge is 0.321 e. The molecule has 0 aliphatic rings. The van der Waals surface area contributed by atoms with E-state index >= 15 is 0 Å². The SMILES string of the molecule is CNC(=O)NC(=O)C(C)Nc1c(C#N)cccc1OC. The molecule has 0 aliphatic heterocycles. The minimum atomic E-state index is -0.712. The number of nitrogens with one attached hydrogen (secondary N) is 3. The Kier molecular flexibility index (Phi) is 5.35. The molecule has 106 valence electrons. The van der Waals surface area contributed by atoms with Gasteiger partial charge in [0.25, 0.3) is 0 Å². The topological polar surface area (TPSA) is 103 Å². The monoisotopic (exact) mass is 276 g/mol. The summed E-state index contributed by atoms with van der Waals surface area (Å²) in [7, 11) is 2.88. The first kappa shape index (κ1) is 15.3. The van der Waals surface area contributed by atoms with Crippen LogP contribution < -0.4 is 20.7 Å². The number of imide groups is 1. The zero-order valence-corrected chi connectivity index (χ0v) is 11.5. The quantitative estimate of drug-likeness (QED) is 0.755. The summed E-state index contributed by atoms with van der Waals surface area (Å²) < 4.78 is 5.15. The molecule has 3 amide bonds. The second-order valence-corrected chi connectivity index (χ2v) is 3.93. The average molecular weight is 276 g/mol. The normalized spacial score (nSPS) is 10.9. The van der Waals surface area contributed by atoms with Crippen LogP contribution in [0.25, 0.3) is 0 Å². The molecule has 0 aliphatic carbocycles. The van der Waals surface area contributed by atoms with Gasteiger partial charge >= 0.3 is 6.03 Å². The first-order chi connectivity index (χ1) is 9.53. The van der Waals surface area contributed by atoms with Gasteiger partial charge < -0.3 is 15.4 Å². The van der Waals surface area contributed by atoms with Crippen LogP contribution in [-0.2, 0) is 4.79 Å². The van der Waals surface area contributed by atoms with Crippen LogP contribution in [0.15, 0.2) is 18.2 Å². The number of hydrogen-bond donors (Lipinski definition) is 3. The van der Waals surface area contributed by atoms with Gasteiger partial charge in [0.15, 0.2) is 0 Å². The van der Waals surface area contributed by atoms with Gasteiger partial charge in [0.05, 0.1) is 18.4 Å². The van der Waals surface area contributed by atoms with E-state index in [9.17, 15) is 9.59 Å². The molecule has 1 unspecified atom stereocenters. The molecule has 1 aromatic carbocycles. The summed E-state index contributed by atoms with van der Waals surface area (Å²) in [4.78, 5) is 22.8. The molecule has 0 spiro atoms. The van der Waals surface area contributed by atoms with Gasteiger partial charge in [-0.3, -0.25) is 10.1 Å². The summed E-state index contributed by atoms with van der Waals surface area (Å²) in [6.45, 7) is 1.58. The molecular weight excluding hydrogens is 260 g/mol. The number of ether oxygens (including phenoxy) is 1. The standard InChI is InChI=1S/C13H16N4O3/c1-8(12(18)17-13(19)15-2)16-11-9(7-14)5-4-6-10(11)20-3/h4-6,8,16H,1-3H3,(H2,15,17,18,19). The van der Waals surface area contributed by atoms with Crippen molar-refractivity contribution in [3.05, 3.63) is 23.8 Å². The maximum atomic E-state index is 11.8. The highest BCUT2D eigenvalue weighted by Gasteiger charge is 2.18. The van der Waals surface area contributed by atoms with Crippen molar-refractivity contribution >= 4 is 17.6 Å². The van der Waals surface area contributed by atoms with Crippen LogP contribution in [0.5, 0.6) is 5.75 Å². The predicted molar refractivity (Wildman–Crippen MR) is 73.4 cm³/mol. The van der Waals surface area contributed by atoms with Crippen molar-refractivity contribution in [2.24, 2.45) is 0 Å². The highest BCUT2D eigenvalue weighted by atomic mass is 16.5. The zero-order valence-electron chi connectivity index (χ0n) is 11.5. The van der Waals surface area contributed by atoms with Gasteiger partial charge in [-0.15, -0.1) is 0 Å². The number of para-hydroxylation sites is 1. The molecular formula is C13H16N4O3. The van der Waals surface area contributed by atoms with E-state index in [1.165, 1.54) is 14.2 Å². The van der Waals surface area contributed by atoms with Crippen LogP contribution in [0.4, 0.5) is 10.5 Å². The summed E-state index contributed by atoms with van der Waals surface area (Å²) in [5, 5.41) is 16.4. The highest BCUT2D eigenvalue weighted by Crippen LogP contribution is 2.28. The Hall–Kier alpha value is -2.75. The summed E-state index contributed by atoms with van der Waals surface area (Å²) in [5.41, 5.74) is 0.765. The maximum Gasteiger partial charge on any atom is 0.321 e. The molecule has 0 saturated heterocycles. The molecule has 3 N–H and O–H groups in total. The number of benzene rings is 1. The lowest BCUT2D eigenvalue weighted by molar-refractivity contribution is -0.120. The molecule has 0 radical (unpaired) electrons. The van der Waals surface area contributed by atoms with E-state index in [1.807, 2.05) is 6.07 Å². The van der Waals surface area contributed by atoms with E-state index in [4.69, 9.17) is 10.00 Å². The van der Waals surface area contributed by atoms with Crippen molar-refractivity contribution < 1.29 is 14.3 Å². The van der Waals surface area contributed by atoms with Crippen molar-refractivity contribution in [1.29, 1.82) is 5.26 Å². The molecule has 0 saturated carbocycles. The Bertz CT molecular complexity index is 551. The molecule has 0 aromatic heterocycles. The van der Waals surface area contributed by atoms with Gasteiger partial charge in [-0.1, -0.05) is 6.07 Å². The van der Waals surface area contributed by atoms with Gasteiger partial charge in [0.2, 0.25) is 5.91 Å². The predicted octanol–water partition coefficient (Wildman–Crippen LogP) is 0.823. The van der Waals surface area contributed by atoms with Crippen molar-refractivity contribution in [3.8, 4) is 11.8 Å². The third kappa shape index (κ3) is 3.62. The Balaban J connectivity index is 2.90. The van der Waals surface area contributed by atoms with Crippen LogP contribution in [0.1, 0.15) is 12.5 Å². The van der Waals surface area contributed by atoms with E-state index in [2.05, 4.69) is 16.0 Å². The lowest BCUT2D eigenvalue weighted by atomic mass is 10.1. The van der Waals surface area contributed by atoms with Gasteiger partial charge in [0, 0.05) is 7.05 Å². The number of nitriles is 1. The van der Waals surface area contributed by atoms with E-state index in [0.717, 1.165) is 0 Å². The number of urea groups is 1. The number of anilines is 1. The van der Waals surface area contributed by atoms with E-state index in [1.54, 1.807) is 25.1 Å². The lowest BCUT2D eigenvalue weighted by Crippen LogP contribution is -2.44. The maximum absolute atomic E-state index is 11.8. The molecule has 1 atom stereocenters. The second kappa shape index (κ2) is 6.99. The Morgan fingerprint density at radius 3 is 2.65 bits per heavy atom. The molecule has 1 aromatic rings. The van der Waals surface area contributed by atoms with Crippen LogP contribution in [0.3, 0.4) is 0 Å². The summed E-state index contributed by atoms with van der Waals surface area (Å²) >= 11 is 0. The number of rotatable bonds is 4. The number of amides is 3. The van der Waals surface area contributed by atoms with Crippen molar-refractivity contribution in [3.63, 3.8) is 0 Å². The molecule has 7 nitrogen and oxygen atoms in total. The number of nitrogens with zero attached hydrogens (tertiary/aromatic N) is 1. The molecule has 1 rings (SSSR count). The zero-order chi connectivity index (χ0) is 15.1. The largest absolute Gasteiger partial charge is 0.495 e. The van der Waals surface area contributed by atoms with Gasteiger partial charge in [-0.05, 0) is 19.1 Å². The number of hydrogen-bond acceptors (Lipinski definition) is 5. The number of methoxy groups -OCH3 is 1. The van der Waals surface area contributed by atoms with E-state index in [0.29, 0.717) is 17.0 Å². The Morgan fingerprint density at radius 1 is 1.40 bits per heavy atom. The summed E-state index contributed by atoms with van der Waals surface area (Å²) in [6, 6.07) is 5.66. The average Bonchev–Trinajstić information content (AvgIpc) is 2.46. The van der Waals surface area contributed by atoms with Crippen molar-refractivity contribution in [2.75, 3.05) is 19.5 Å². The number of carbonyl (C=O) groups is 2. The van der Waals surface area contributed by atoms with Crippen LogP contribution in [0.2, 0.25) is 0 Å². The van der Waals surface area contributed by atoms with Gasteiger partial charge in [-0.2, -0.15) is 5.26 Å². The number of carbonyl (C=O) groups excluding carboxylic acids is 2. The first-order valence-corrected chi connectivity index (χ1v) is 5.89. The summed E-state index contributed by atoms with van der Waals surface area (Å²) in [6.07, 6.45) is 0. The molecule has 0 fully saturated rings. The fourth-order valence-electron chi connectivity index (χ4n) is 1.51. The first-order valence-electron chi connectivity index (χ1n) is 5.89. The molecule has 7 heteroatoms. The third-order valence-corrected chi connectivity index (χ3v) is 2.58. The molecule has 0 heterocycles. The third-order valence-electron chi connectivity index (χ3n) is 2.58. The van der Waals surface area contributed by atoms with E-state index in [-0.39, 0.29) is 0 Å². The van der Waals surface area contributed by atoms with Crippen LogP contribution >= 0.6 is 0 Å². The van der Waals surface area contributed by atoms with Crippen molar-refractivity contribution in [2.45, 2.75) is 13.0 Å². The Labute approximate surface area is 116 Å². The minimum absolute atomic E-state index is 0.351. The van der Waals surface area contributed by atoms with Crippen molar-refractivity contribution in [1.82, 2.24) is 10.6 Å². The molecule has 20 heavy (non-hydrogen) atoms. The second-order valence-electron chi connectivity index (χ2n) is 3.93. The van der Waals surface area contributed by atoms with Crippen LogP contribution in [-0.4, -0.2) is 32.1 Å². The van der Waals surface area contributed by atoms with E-state index < -0.39 is 18.0 Å². The Morgan fingerprint density at radius 2 is 2.10 bits per heavy atom. The lowest BCUT2D eigenvalue weighted by Gasteiger charge is -2.17. The van der Waals surface area contributed by atoms with Gasteiger partial charge in [-0.25, -0.2) is 4.79 Å². The fourth-order valence-corrected chi connectivity index (χ4v) is 1.51. The van der Waals surface area contributed by atoms with Crippen LogP contribution in [0, 0.1) is 11.3 Å². The highest BCUT2D eigenvalue weighted by molar-refractivity contribution is 5.98.